The molecule has 1 aliphatic heterocycles. The van der Waals surface area contributed by atoms with Gasteiger partial charge in [0, 0.05) is 12.2 Å². The predicted octanol–water partition coefficient (Wildman–Crippen LogP) is 3.61. The summed E-state index contributed by atoms with van der Waals surface area (Å²) in [5.41, 5.74) is 2.98. The van der Waals surface area contributed by atoms with Crippen molar-refractivity contribution in [3.8, 4) is 0 Å². The first-order valence-corrected chi connectivity index (χ1v) is 10.2. The maximum Gasteiger partial charge on any atom is 0.261 e. The minimum atomic E-state index is -0.228. The molecule has 0 spiro atoms. The monoisotopic (exact) mass is 382 g/mol. The molecule has 2 aromatic rings. The van der Waals surface area contributed by atoms with Crippen molar-refractivity contribution < 1.29 is 14.4 Å². The lowest BCUT2D eigenvalue weighted by atomic mass is 10.1. The molecule has 0 bridgehead atoms. The van der Waals surface area contributed by atoms with Gasteiger partial charge >= 0.3 is 0 Å². The molecule has 0 unspecified atom stereocenters. The third kappa shape index (κ3) is 4.57. The first-order valence-electron chi connectivity index (χ1n) is 9.02. The van der Waals surface area contributed by atoms with Crippen molar-refractivity contribution in [3.05, 3.63) is 65.2 Å². The van der Waals surface area contributed by atoms with E-state index in [9.17, 15) is 14.4 Å². The molecule has 140 valence electrons. The summed E-state index contributed by atoms with van der Waals surface area (Å²) in [4.78, 5) is 37.8. The highest BCUT2D eigenvalue weighted by atomic mass is 32.2. The van der Waals surface area contributed by atoms with Crippen LogP contribution in [0.5, 0.6) is 0 Å². The van der Waals surface area contributed by atoms with Gasteiger partial charge in [0.25, 0.3) is 11.8 Å². The molecule has 0 radical (unpaired) electrons. The minimum Gasteiger partial charge on any atom is -0.325 e. The van der Waals surface area contributed by atoms with Crippen molar-refractivity contribution in [2.45, 2.75) is 19.8 Å². The summed E-state index contributed by atoms with van der Waals surface area (Å²) in [6, 6.07) is 14.7. The quantitative estimate of drug-likeness (QED) is 0.559. The minimum absolute atomic E-state index is 0.0509. The van der Waals surface area contributed by atoms with Gasteiger partial charge in [0.1, 0.15) is 0 Å². The van der Waals surface area contributed by atoms with Crippen molar-refractivity contribution in [2.24, 2.45) is 0 Å². The van der Waals surface area contributed by atoms with E-state index in [0.717, 1.165) is 12.1 Å². The van der Waals surface area contributed by atoms with E-state index in [4.69, 9.17) is 0 Å². The number of imide groups is 1. The average molecular weight is 382 g/mol. The fourth-order valence-corrected chi connectivity index (χ4v) is 3.69. The van der Waals surface area contributed by atoms with E-state index in [0.29, 0.717) is 35.6 Å². The first kappa shape index (κ1) is 19.2. The molecule has 3 rings (SSSR count). The standard InChI is InChI=1S/C21H22N2O3S/c1-2-15-8-10-16(11-9-15)22-19(24)14-27-13-5-12-23-20(25)17-6-3-4-7-18(17)21(23)26/h3-4,6-11H,2,5,12-14H2,1H3,(H,22,24). The number of amides is 3. The zero-order valence-corrected chi connectivity index (χ0v) is 16.1. The number of thioether (sulfide) groups is 1. The van der Waals surface area contributed by atoms with Crippen LogP contribution in [-0.2, 0) is 11.2 Å². The fraction of sp³-hybridized carbons (Fsp3) is 0.286. The topological polar surface area (TPSA) is 66.5 Å². The van der Waals surface area contributed by atoms with Crippen molar-refractivity contribution in [3.63, 3.8) is 0 Å². The number of nitrogens with zero attached hydrogens (tertiary/aromatic N) is 1. The second-order valence-corrected chi connectivity index (χ2v) is 7.42. The molecule has 1 N–H and O–H groups in total. The third-order valence-corrected chi connectivity index (χ3v) is 5.47. The Balaban J connectivity index is 1.38. The van der Waals surface area contributed by atoms with Gasteiger partial charge in [-0.2, -0.15) is 11.8 Å². The van der Waals surface area contributed by atoms with Crippen molar-refractivity contribution in [2.75, 3.05) is 23.4 Å². The van der Waals surface area contributed by atoms with Crippen LogP contribution in [0.2, 0.25) is 0 Å². The van der Waals surface area contributed by atoms with Crippen LogP contribution in [0, 0.1) is 0 Å². The second-order valence-electron chi connectivity index (χ2n) is 6.31. The van der Waals surface area contributed by atoms with Crippen molar-refractivity contribution in [1.82, 2.24) is 4.90 Å². The van der Waals surface area contributed by atoms with Crippen LogP contribution in [0.15, 0.2) is 48.5 Å². The van der Waals surface area contributed by atoms with Gasteiger partial charge in [-0.15, -0.1) is 0 Å². The number of rotatable bonds is 8. The van der Waals surface area contributed by atoms with Gasteiger partial charge in [0.05, 0.1) is 16.9 Å². The van der Waals surface area contributed by atoms with E-state index < -0.39 is 0 Å². The molecule has 0 atom stereocenters. The lowest BCUT2D eigenvalue weighted by Crippen LogP contribution is -2.31. The van der Waals surface area contributed by atoms with Crippen LogP contribution in [0.3, 0.4) is 0 Å². The maximum atomic E-state index is 12.3. The first-order chi connectivity index (χ1) is 13.1. The summed E-state index contributed by atoms with van der Waals surface area (Å²) >= 11 is 1.50. The number of hydrogen-bond donors (Lipinski definition) is 1. The molecular formula is C21H22N2O3S. The summed E-state index contributed by atoms with van der Waals surface area (Å²) in [6.45, 7) is 2.46. The van der Waals surface area contributed by atoms with Gasteiger partial charge in [-0.1, -0.05) is 31.2 Å². The van der Waals surface area contributed by atoms with E-state index in [2.05, 4.69) is 12.2 Å². The zero-order chi connectivity index (χ0) is 19.2. The van der Waals surface area contributed by atoms with E-state index in [1.165, 1.54) is 22.2 Å². The van der Waals surface area contributed by atoms with Crippen LogP contribution in [0.25, 0.3) is 0 Å². The summed E-state index contributed by atoms with van der Waals surface area (Å²) in [7, 11) is 0. The Bertz CT molecular complexity index is 814. The summed E-state index contributed by atoms with van der Waals surface area (Å²) in [5, 5.41) is 2.87. The number of carbonyl (C=O) groups is 3. The van der Waals surface area contributed by atoms with Gasteiger partial charge < -0.3 is 5.32 Å². The molecule has 0 fully saturated rings. The molecule has 6 heteroatoms. The summed E-state index contributed by atoms with van der Waals surface area (Å²) < 4.78 is 0. The van der Waals surface area contributed by atoms with E-state index in [-0.39, 0.29) is 17.7 Å². The number of nitrogens with one attached hydrogen (secondary N) is 1. The van der Waals surface area contributed by atoms with Crippen LogP contribution in [0.1, 0.15) is 39.6 Å². The highest BCUT2D eigenvalue weighted by Gasteiger charge is 2.34. The Morgan fingerprint density at radius 1 is 1.00 bits per heavy atom. The van der Waals surface area contributed by atoms with E-state index in [1.54, 1.807) is 24.3 Å². The Hall–Kier alpha value is -2.60. The van der Waals surface area contributed by atoms with Crippen LogP contribution in [0.4, 0.5) is 5.69 Å². The van der Waals surface area contributed by atoms with Gasteiger partial charge in [-0.05, 0) is 48.4 Å². The number of carbonyl (C=O) groups excluding carboxylic acids is 3. The Kier molecular flexibility index (Phi) is 6.29. The van der Waals surface area contributed by atoms with Crippen LogP contribution >= 0.6 is 11.8 Å². The molecule has 0 aromatic heterocycles. The lowest BCUT2D eigenvalue weighted by Gasteiger charge is -2.13. The molecule has 27 heavy (non-hydrogen) atoms. The maximum absolute atomic E-state index is 12.3. The third-order valence-electron chi connectivity index (χ3n) is 4.43. The van der Waals surface area contributed by atoms with E-state index in [1.807, 2.05) is 24.3 Å². The summed E-state index contributed by atoms with van der Waals surface area (Å²) in [5.74, 6) is 0.542. The number of fused-ring (bicyclic) bond motifs is 1. The van der Waals surface area contributed by atoms with Crippen LogP contribution < -0.4 is 5.32 Å². The van der Waals surface area contributed by atoms with Crippen molar-refractivity contribution in [1.29, 1.82) is 0 Å². The molecule has 3 amide bonds. The van der Waals surface area contributed by atoms with Gasteiger partial charge in [-0.25, -0.2) is 0 Å². The molecule has 2 aromatic carbocycles. The largest absolute Gasteiger partial charge is 0.325 e. The normalized spacial score (nSPS) is 13.0. The second kappa shape index (κ2) is 8.86. The smallest absolute Gasteiger partial charge is 0.261 e. The molecule has 1 aliphatic rings. The van der Waals surface area contributed by atoms with Crippen molar-refractivity contribution >= 4 is 35.2 Å². The highest BCUT2D eigenvalue weighted by Crippen LogP contribution is 2.22. The molecule has 0 saturated heterocycles. The average Bonchev–Trinajstić information content (AvgIpc) is 2.93. The molecular weight excluding hydrogens is 360 g/mol. The molecule has 0 aliphatic carbocycles. The number of hydrogen-bond acceptors (Lipinski definition) is 4. The Labute approximate surface area is 163 Å². The van der Waals surface area contributed by atoms with Crippen LogP contribution in [-0.4, -0.2) is 40.7 Å². The zero-order valence-electron chi connectivity index (χ0n) is 15.2. The highest BCUT2D eigenvalue weighted by molar-refractivity contribution is 7.99. The molecule has 0 saturated carbocycles. The Morgan fingerprint density at radius 3 is 2.22 bits per heavy atom. The Morgan fingerprint density at radius 2 is 1.63 bits per heavy atom. The van der Waals surface area contributed by atoms with E-state index >= 15 is 0 Å². The number of aryl methyl sites for hydroxylation is 1. The van der Waals surface area contributed by atoms with Gasteiger partial charge in [0.2, 0.25) is 5.91 Å². The predicted molar refractivity (Wildman–Crippen MR) is 108 cm³/mol. The number of benzene rings is 2. The SMILES string of the molecule is CCc1ccc(NC(=O)CSCCCN2C(=O)c3ccccc3C2=O)cc1. The number of anilines is 1. The molecule has 1 heterocycles. The lowest BCUT2D eigenvalue weighted by molar-refractivity contribution is -0.113. The fourth-order valence-electron chi connectivity index (χ4n) is 2.95. The summed E-state index contributed by atoms with van der Waals surface area (Å²) in [6.07, 6.45) is 1.63. The molecule has 5 nitrogen and oxygen atoms in total. The van der Waals surface area contributed by atoms with Gasteiger partial charge in [-0.3, -0.25) is 19.3 Å². The van der Waals surface area contributed by atoms with Gasteiger partial charge in [0.15, 0.2) is 0 Å².